The number of aryl methyl sites for hydroxylation is 1. The normalized spacial score (nSPS) is 11.8. The molecule has 0 aliphatic carbocycles. The van der Waals surface area contributed by atoms with E-state index in [1.54, 1.807) is 23.0 Å². The van der Waals surface area contributed by atoms with Crippen LogP contribution in [0.5, 0.6) is 0 Å². The first-order chi connectivity index (χ1) is 9.08. The lowest BCUT2D eigenvalue weighted by Gasteiger charge is -2.05. The van der Waals surface area contributed by atoms with Crippen molar-refractivity contribution in [2.75, 3.05) is 0 Å². The van der Waals surface area contributed by atoms with Crippen molar-refractivity contribution in [3.63, 3.8) is 0 Å². The zero-order chi connectivity index (χ0) is 14.0. The average molecular weight is 259 g/mol. The molecule has 0 aromatic carbocycles. The third-order valence-electron chi connectivity index (χ3n) is 3.16. The lowest BCUT2D eigenvalue weighted by molar-refractivity contribution is 0.318. The van der Waals surface area contributed by atoms with Crippen molar-refractivity contribution in [2.45, 2.75) is 27.2 Å². The van der Waals surface area contributed by atoms with Crippen LogP contribution in [0.4, 0.5) is 0 Å². The number of nitrogens with two attached hydrogens (primary N) is 1. The van der Waals surface area contributed by atoms with E-state index in [2.05, 4.69) is 22.2 Å². The first-order valence-corrected chi connectivity index (χ1v) is 6.07. The van der Waals surface area contributed by atoms with Gasteiger partial charge in [0.05, 0.1) is 5.69 Å². The Morgan fingerprint density at radius 3 is 2.79 bits per heavy atom. The number of oxime groups is 1. The third kappa shape index (κ3) is 2.29. The van der Waals surface area contributed by atoms with E-state index in [9.17, 15) is 0 Å². The Hall–Kier alpha value is -2.37. The van der Waals surface area contributed by atoms with Crippen molar-refractivity contribution < 1.29 is 5.21 Å². The summed E-state index contributed by atoms with van der Waals surface area (Å²) in [4.78, 5) is 4.28. The van der Waals surface area contributed by atoms with Gasteiger partial charge < -0.3 is 10.9 Å². The maximum absolute atomic E-state index is 8.71. The lowest BCUT2D eigenvalue weighted by atomic mass is 10.1. The number of hydrogen-bond acceptors (Lipinski definition) is 4. The molecular weight excluding hydrogens is 242 g/mol. The summed E-state index contributed by atoms with van der Waals surface area (Å²) >= 11 is 0. The third-order valence-corrected chi connectivity index (χ3v) is 3.16. The first kappa shape index (κ1) is 13.1. The molecule has 0 saturated heterocycles. The molecule has 2 heterocycles. The summed E-state index contributed by atoms with van der Waals surface area (Å²) in [5.41, 5.74) is 9.47. The molecule has 0 aliphatic heterocycles. The molecule has 0 fully saturated rings. The van der Waals surface area contributed by atoms with Crippen LogP contribution < -0.4 is 5.73 Å². The fourth-order valence-corrected chi connectivity index (χ4v) is 2.16. The number of hydrogen-bond donors (Lipinski definition) is 2. The van der Waals surface area contributed by atoms with Gasteiger partial charge in [-0.2, -0.15) is 5.10 Å². The Kier molecular flexibility index (Phi) is 3.50. The molecule has 2 rings (SSSR count). The van der Waals surface area contributed by atoms with E-state index in [0.29, 0.717) is 11.4 Å². The number of aromatic nitrogens is 3. The van der Waals surface area contributed by atoms with Gasteiger partial charge in [-0.25, -0.2) is 9.67 Å². The zero-order valence-corrected chi connectivity index (χ0v) is 11.3. The molecule has 0 aliphatic rings. The molecule has 0 spiro atoms. The van der Waals surface area contributed by atoms with E-state index >= 15 is 0 Å². The standard InChI is InChI=1S/C13H17N5O/c1-4-11-8(2)16-18(9(11)3)12-7-10(5-6-15-12)13(14)17-19/h5-7,19H,4H2,1-3H3,(H2,14,17). The maximum Gasteiger partial charge on any atom is 0.170 e. The molecule has 0 saturated carbocycles. The summed E-state index contributed by atoms with van der Waals surface area (Å²) in [7, 11) is 0. The van der Waals surface area contributed by atoms with Crippen molar-refractivity contribution >= 4 is 5.84 Å². The molecule has 2 aromatic heterocycles. The van der Waals surface area contributed by atoms with E-state index in [-0.39, 0.29) is 5.84 Å². The highest BCUT2D eigenvalue weighted by Crippen LogP contribution is 2.17. The summed E-state index contributed by atoms with van der Waals surface area (Å²) in [6.07, 6.45) is 2.54. The molecule has 0 unspecified atom stereocenters. The van der Waals surface area contributed by atoms with Crippen LogP contribution in [0.15, 0.2) is 23.5 Å². The van der Waals surface area contributed by atoms with Crippen molar-refractivity contribution in [3.8, 4) is 5.82 Å². The van der Waals surface area contributed by atoms with Crippen LogP contribution in [-0.4, -0.2) is 25.8 Å². The van der Waals surface area contributed by atoms with Crippen LogP contribution in [0.2, 0.25) is 0 Å². The topological polar surface area (TPSA) is 89.3 Å². The van der Waals surface area contributed by atoms with Gasteiger partial charge in [0.2, 0.25) is 0 Å². The number of nitrogens with zero attached hydrogens (tertiary/aromatic N) is 4. The van der Waals surface area contributed by atoms with Crippen molar-refractivity contribution in [2.24, 2.45) is 10.9 Å². The molecule has 19 heavy (non-hydrogen) atoms. The first-order valence-electron chi connectivity index (χ1n) is 6.07. The number of rotatable bonds is 3. The average Bonchev–Trinajstić information content (AvgIpc) is 2.72. The van der Waals surface area contributed by atoms with Gasteiger partial charge in [-0.3, -0.25) is 0 Å². The van der Waals surface area contributed by atoms with Gasteiger partial charge in [0, 0.05) is 17.5 Å². The highest BCUT2D eigenvalue weighted by molar-refractivity contribution is 5.97. The van der Waals surface area contributed by atoms with Crippen LogP contribution in [0.1, 0.15) is 29.4 Å². The molecule has 0 radical (unpaired) electrons. The van der Waals surface area contributed by atoms with Gasteiger partial charge in [-0.15, -0.1) is 0 Å². The van der Waals surface area contributed by atoms with Crippen molar-refractivity contribution in [1.29, 1.82) is 0 Å². The van der Waals surface area contributed by atoms with Crippen molar-refractivity contribution in [3.05, 3.63) is 40.8 Å². The Morgan fingerprint density at radius 1 is 1.47 bits per heavy atom. The largest absolute Gasteiger partial charge is 0.409 e. The fourth-order valence-electron chi connectivity index (χ4n) is 2.16. The second-order valence-corrected chi connectivity index (χ2v) is 4.30. The Balaban J connectivity index is 2.54. The Bertz CT molecular complexity index is 630. The number of amidine groups is 1. The SMILES string of the molecule is CCc1c(C)nn(-c2cc(C(N)=NO)ccn2)c1C. The summed E-state index contributed by atoms with van der Waals surface area (Å²) in [6, 6.07) is 3.43. The minimum atomic E-state index is 0.0564. The van der Waals surface area contributed by atoms with Gasteiger partial charge in [0.25, 0.3) is 0 Å². The van der Waals surface area contributed by atoms with Gasteiger partial charge in [0.1, 0.15) is 0 Å². The summed E-state index contributed by atoms with van der Waals surface area (Å²) in [5, 5.41) is 16.2. The van der Waals surface area contributed by atoms with Crippen LogP contribution in [0.25, 0.3) is 5.82 Å². The van der Waals surface area contributed by atoms with Crippen LogP contribution in [0.3, 0.4) is 0 Å². The van der Waals surface area contributed by atoms with Gasteiger partial charge in [-0.1, -0.05) is 12.1 Å². The molecule has 3 N–H and O–H groups in total. The highest BCUT2D eigenvalue weighted by Gasteiger charge is 2.12. The van der Waals surface area contributed by atoms with Crippen LogP contribution in [0, 0.1) is 13.8 Å². The van der Waals surface area contributed by atoms with Gasteiger partial charge in [-0.05, 0) is 38.0 Å². The van der Waals surface area contributed by atoms with Gasteiger partial charge in [0.15, 0.2) is 11.7 Å². The summed E-state index contributed by atoms with van der Waals surface area (Å²) < 4.78 is 1.78. The summed E-state index contributed by atoms with van der Waals surface area (Å²) in [6.45, 7) is 6.09. The van der Waals surface area contributed by atoms with Gasteiger partial charge >= 0.3 is 0 Å². The van der Waals surface area contributed by atoms with E-state index in [0.717, 1.165) is 17.8 Å². The maximum atomic E-state index is 8.71. The van der Waals surface area contributed by atoms with Crippen molar-refractivity contribution in [1.82, 2.24) is 14.8 Å². The second kappa shape index (κ2) is 5.09. The van der Waals surface area contributed by atoms with Crippen LogP contribution in [-0.2, 0) is 6.42 Å². The van der Waals surface area contributed by atoms with E-state index < -0.39 is 0 Å². The Labute approximate surface area is 111 Å². The monoisotopic (exact) mass is 259 g/mol. The molecule has 0 amide bonds. The molecule has 6 heteroatoms. The van der Waals surface area contributed by atoms with Crippen LogP contribution >= 0.6 is 0 Å². The van der Waals surface area contributed by atoms with E-state index in [4.69, 9.17) is 10.9 Å². The van der Waals surface area contributed by atoms with E-state index in [1.165, 1.54) is 5.56 Å². The minimum Gasteiger partial charge on any atom is -0.409 e. The fraction of sp³-hybridized carbons (Fsp3) is 0.308. The predicted octanol–water partition coefficient (Wildman–Crippen LogP) is 1.54. The molecular formula is C13H17N5O. The molecule has 0 atom stereocenters. The predicted molar refractivity (Wildman–Crippen MR) is 72.7 cm³/mol. The minimum absolute atomic E-state index is 0.0564. The smallest absolute Gasteiger partial charge is 0.170 e. The molecule has 2 aromatic rings. The molecule has 100 valence electrons. The van der Waals surface area contributed by atoms with E-state index in [1.807, 2.05) is 13.8 Å². The highest BCUT2D eigenvalue weighted by atomic mass is 16.4. The molecule has 6 nitrogen and oxygen atoms in total. The molecule has 0 bridgehead atoms. The number of pyridine rings is 1. The Morgan fingerprint density at radius 2 is 2.21 bits per heavy atom. The quantitative estimate of drug-likeness (QED) is 0.379. The lowest BCUT2D eigenvalue weighted by Crippen LogP contribution is -2.14. The zero-order valence-electron chi connectivity index (χ0n) is 11.3. The second-order valence-electron chi connectivity index (χ2n) is 4.30. The summed E-state index contributed by atoms with van der Waals surface area (Å²) in [5.74, 6) is 0.713.